The first kappa shape index (κ1) is 18.7. The summed E-state index contributed by atoms with van der Waals surface area (Å²) in [5, 5.41) is 11.0. The van der Waals surface area contributed by atoms with E-state index in [-0.39, 0.29) is 0 Å². The van der Waals surface area contributed by atoms with Gasteiger partial charge in [-0.05, 0) is 43.3 Å². The summed E-state index contributed by atoms with van der Waals surface area (Å²) in [6.45, 7) is 2.17. The SMILES string of the molecule is CCn1nnc2cc(C(=O)OCC(=O)Nc3cc(Cl)ccc3OC)ccc21. The fraction of sp³-hybridized carbons (Fsp3) is 0.222. The fourth-order valence-electron chi connectivity index (χ4n) is 2.51. The van der Waals surface area contributed by atoms with Crippen LogP contribution in [0, 0.1) is 0 Å². The Labute approximate surface area is 160 Å². The number of carbonyl (C=O) groups excluding carboxylic acids is 2. The van der Waals surface area contributed by atoms with Crippen LogP contribution in [-0.2, 0) is 16.1 Å². The van der Waals surface area contributed by atoms with E-state index >= 15 is 0 Å². The molecule has 0 bridgehead atoms. The number of carbonyl (C=O) groups is 2. The highest BCUT2D eigenvalue weighted by Gasteiger charge is 2.14. The lowest BCUT2D eigenvalue weighted by Gasteiger charge is -2.11. The highest BCUT2D eigenvalue weighted by Crippen LogP contribution is 2.27. The molecule has 1 N–H and O–H groups in total. The summed E-state index contributed by atoms with van der Waals surface area (Å²) in [6, 6.07) is 9.74. The molecular formula is C18H17ClN4O4. The van der Waals surface area contributed by atoms with Crippen molar-refractivity contribution >= 4 is 40.2 Å². The van der Waals surface area contributed by atoms with E-state index in [1.807, 2.05) is 6.92 Å². The van der Waals surface area contributed by atoms with E-state index in [4.69, 9.17) is 21.1 Å². The van der Waals surface area contributed by atoms with Gasteiger partial charge in [-0.15, -0.1) is 5.10 Å². The normalized spacial score (nSPS) is 10.6. The Hall–Kier alpha value is -3.13. The van der Waals surface area contributed by atoms with Gasteiger partial charge in [0.25, 0.3) is 5.91 Å². The van der Waals surface area contributed by atoms with Crippen molar-refractivity contribution < 1.29 is 19.1 Å². The molecule has 0 fully saturated rings. The Bertz CT molecular complexity index is 1000. The molecular weight excluding hydrogens is 372 g/mol. The first-order valence-corrected chi connectivity index (χ1v) is 8.53. The van der Waals surface area contributed by atoms with Gasteiger partial charge in [0.2, 0.25) is 0 Å². The molecule has 27 heavy (non-hydrogen) atoms. The van der Waals surface area contributed by atoms with Crippen LogP contribution < -0.4 is 10.1 Å². The number of rotatable bonds is 6. The Morgan fingerprint density at radius 3 is 2.78 bits per heavy atom. The molecule has 0 radical (unpaired) electrons. The second-order valence-corrected chi connectivity index (χ2v) is 6.01. The summed E-state index contributed by atoms with van der Waals surface area (Å²) >= 11 is 5.92. The molecule has 0 atom stereocenters. The van der Waals surface area contributed by atoms with E-state index in [0.717, 1.165) is 5.52 Å². The summed E-state index contributed by atoms with van der Waals surface area (Å²) in [5.41, 5.74) is 2.08. The number of hydrogen-bond donors (Lipinski definition) is 1. The third kappa shape index (κ3) is 4.17. The van der Waals surface area contributed by atoms with E-state index in [2.05, 4.69) is 15.6 Å². The van der Waals surface area contributed by atoms with Crippen LogP contribution in [0.2, 0.25) is 5.02 Å². The van der Waals surface area contributed by atoms with Crippen molar-refractivity contribution in [3.8, 4) is 5.75 Å². The molecule has 0 spiro atoms. The Morgan fingerprint density at radius 1 is 1.22 bits per heavy atom. The van der Waals surface area contributed by atoms with Gasteiger partial charge in [0.05, 0.1) is 23.9 Å². The van der Waals surface area contributed by atoms with Crippen LogP contribution >= 0.6 is 11.6 Å². The van der Waals surface area contributed by atoms with Crippen molar-refractivity contribution in [3.63, 3.8) is 0 Å². The van der Waals surface area contributed by atoms with Crippen LogP contribution in [0.25, 0.3) is 11.0 Å². The van der Waals surface area contributed by atoms with E-state index < -0.39 is 18.5 Å². The summed E-state index contributed by atoms with van der Waals surface area (Å²) in [4.78, 5) is 24.3. The molecule has 1 heterocycles. The third-order valence-electron chi connectivity index (χ3n) is 3.82. The molecule has 8 nitrogen and oxygen atoms in total. The molecule has 1 aromatic heterocycles. The highest BCUT2D eigenvalue weighted by molar-refractivity contribution is 6.31. The Balaban J connectivity index is 1.63. The van der Waals surface area contributed by atoms with Crippen LogP contribution in [-0.4, -0.2) is 40.6 Å². The maximum Gasteiger partial charge on any atom is 0.338 e. The minimum atomic E-state index is -0.629. The molecule has 1 amide bonds. The third-order valence-corrected chi connectivity index (χ3v) is 4.05. The minimum Gasteiger partial charge on any atom is -0.495 e. The molecule has 140 valence electrons. The van der Waals surface area contributed by atoms with Crippen molar-refractivity contribution in [2.24, 2.45) is 0 Å². The predicted octanol–water partition coefficient (Wildman–Crippen LogP) is 2.91. The number of amides is 1. The van der Waals surface area contributed by atoms with E-state index in [9.17, 15) is 9.59 Å². The van der Waals surface area contributed by atoms with Crippen LogP contribution in [0.5, 0.6) is 5.75 Å². The molecule has 0 aliphatic heterocycles. The second-order valence-electron chi connectivity index (χ2n) is 5.58. The van der Waals surface area contributed by atoms with Gasteiger partial charge in [-0.2, -0.15) is 0 Å². The molecule has 3 aromatic rings. The van der Waals surface area contributed by atoms with Crippen LogP contribution in [0.4, 0.5) is 5.69 Å². The van der Waals surface area contributed by atoms with Crippen molar-refractivity contribution in [1.82, 2.24) is 15.0 Å². The monoisotopic (exact) mass is 388 g/mol. The smallest absolute Gasteiger partial charge is 0.338 e. The fourth-order valence-corrected chi connectivity index (χ4v) is 2.68. The quantitative estimate of drug-likeness (QED) is 0.652. The van der Waals surface area contributed by atoms with E-state index in [0.29, 0.717) is 34.1 Å². The van der Waals surface area contributed by atoms with Gasteiger partial charge >= 0.3 is 5.97 Å². The Morgan fingerprint density at radius 2 is 2.04 bits per heavy atom. The molecule has 0 saturated carbocycles. The number of benzene rings is 2. The van der Waals surface area contributed by atoms with Crippen molar-refractivity contribution in [1.29, 1.82) is 0 Å². The molecule has 0 saturated heterocycles. The zero-order chi connectivity index (χ0) is 19.4. The lowest BCUT2D eigenvalue weighted by Crippen LogP contribution is -2.21. The number of fused-ring (bicyclic) bond motifs is 1. The molecule has 0 aliphatic rings. The van der Waals surface area contributed by atoms with Crippen LogP contribution in [0.3, 0.4) is 0 Å². The standard InChI is InChI=1S/C18H17ClN4O4/c1-3-23-15-6-4-11(8-13(15)21-22-23)18(25)27-10-17(24)20-14-9-12(19)5-7-16(14)26-2/h4-9H,3,10H2,1-2H3,(H,20,24). The number of anilines is 1. The zero-order valence-corrected chi connectivity index (χ0v) is 15.5. The van der Waals surface area contributed by atoms with Gasteiger partial charge in [-0.3, -0.25) is 4.79 Å². The number of aryl methyl sites for hydroxylation is 1. The number of nitrogens with one attached hydrogen (secondary N) is 1. The summed E-state index contributed by atoms with van der Waals surface area (Å²) in [7, 11) is 1.48. The Kier molecular flexibility index (Phi) is 5.56. The summed E-state index contributed by atoms with van der Waals surface area (Å²) in [6.07, 6.45) is 0. The average molecular weight is 389 g/mol. The molecule has 0 aliphatic carbocycles. The topological polar surface area (TPSA) is 95.3 Å². The molecule has 2 aromatic carbocycles. The van der Waals surface area contributed by atoms with Gasteiger partial charge < -0.3 is 14.8 Å². The minimum absolute atomic E-state index is 0.291. The molecule has 0 unspecified atom stereocenters. The number of esters is 1. The number of methoxy groups -OCH3 is 1. The number of ether oxygens (including phenoxy) is 2. The number of nitrogens with zero attached hydrogens (tertiary/aromatic N) is 3. The van der Waals surface area contributed by atoms with Crippen molar-refractivity contribution in [2.75, 3.05) is 19.0 Å². The van der Waals surface area contributed by atoms with Crippen molar-refractivity contribution in [3.05, 3.63) is 47.0 Å². The summed E-state index contributed by atoms with van der Waals surface area (Å²) in [5.74, 6) is -0.693. The summed E-state index contributed by atoms with van der Waals surface area (Å²) < 4.78 is 11.9. The average Bonchev–Trinajstić information content (AvgIpc) is 3.08. The predicted molar refractivity (Wildman–Crippen MR) is 100 cm³/mol. The van der Waals surface area contributed by atoms with Crippen LogP contribution in [0.1, 0.15) is 17.3 Å². The zero-order valence-electron chi connectivity index (χ0n) is 14.7. The van der Waals surface area contributed by atoms with Crippen molar-refractivity contribution in [2.45, 2.75) is 13.5 Å². The van der Waals surface area contributed by atoms with E-state index in [1.54, 1.807) is 41.1 Å². The van der Waals surface area contributed by atoms with Gasteiger partial charge in [-0.25, -0.2) is 9.48 Å². The van der Waals surface area contributed by atoms with Crippen LogP contribution in [0.15, 0.2) is 36.4 Å². The van der Waals surface area contributed by atoms with Gasteiger partial charge in [-0.1, -0.05) is 16.8 Å². The first-order chi connectivity index (χ1) is 13.0. The maximum atomic E-state index is 12.2. The lowest BCUT2D eigenvalue weighted by molar-refractivity contribution is -0.119. The molecule has 3 rings (SSSR count). The number of hydrogen-bond acceptors (Lipinski definition) is 6. The molecule has 9 heteroatoms. The maximum absolute atomic E-state index is 12.2. The first-order valence-electron chi connectivity index (χ1n) is 8.15. The number of aromatic nitrogens is 3. The lowest BCUT2D eigenvalue weighted by atomic mass is 10.2. The van der Waals surface area contributed by atoms with E-state index in [1.165, 1.54) is 7.11 Å². The largest absolute Gasteiger partial charge is 0.495 e. The number of halogens is 1. The van der Waals surface area contributed by atoms with Gasteiger partial charge in [0.15, 0.2) is 6.61 Å². The second kappa shape index (κ2) is 8.05. The highest BCUT2D eigenvalue weighted by atomic mass is 35.5. The van der Waals surface area contributed by atoms with Gasteiger partial charge in [0, 0.05) is 11.6 Å². The van der Waals surface area contributed by atoms with Gasteiger partial charge in [0.1, 0.15) is 11.3 Å².